The van der Waals surface area contributed by atoms with Crippen LogP contribution in [0.15, 0.2) is 23.3 Å². The van der Waals surface area contributed by atoms with Gasteiger partial charge in [-0.2, -0.15) is 0 Å². The molecule has 2 fully saturated rings. The van der Waals surface area contributed by atoms with Gasteiger partial charge in [-0.3, -0.25) is 4.79 Å². The van der Waals surface area contributed by atoms with Crippen molar-refractivity contribution >= 4 is 17.7 Å². The molecule has 30 heavy (non-hydrogen) atoms. The number of guanidine groups is 1. The molecule has 3 heterocycles. The number of aliphatic imine (C=N–C) groups is 1. The predicted molar refractivity (Wildman–Crippen MR) is 121 cm³/mol. The Hall–Kier alpha value is -2.31. The molecule has 2 aliphatic heterocycles. The molecule has 0 amide bonds. The van der Waals surface area contributed by atoms with E-state index < -0.39 is 0 Å². The summed E-state index contributed by atoms with van der Waals surface area (Å²) < 4.78 is 5.17. The van der Waals surface area contributed by atoms with Crippen LogP contribution in [0.5, 0.6) is 0 Å². The Bertz CT molecular complexity index is 690. The van der Waals surface area contributed by atoms with Crippen LogP contribution in [0.2, 0.25) is 0 Å². The second-order valence-corrected chi connectivity index (χ2v) is 8.38. The molecule has 0 bridgehead atoms. The van der Waals surface area contributed by atoms with E-state index in [1.54, 1.807) is 0 Å². The summed E-state index contributed by atoms with van der Waals surface area (Å²) >= 11 is 0. The monoisotopic (exact) mass is 415 g/mol. The zero-order chi connectivity index (χ0) is 21.3. The van der Waals surface area contributed by atoms with Crippen LogP contribution in [0.3, 0.4) is 0 Å². The molecule has 7 heteroatoms. The number of esters is 1. The molecule has 0 radical (unpaired) electrons. The Kier molecular flexibility index (Phi) is 8.34. The zero-order valence-corrected chi connectivity index (χ0v) is 18.8. The number of anilines is 1. The first kappa shape index (κ1) is 22.4. The number of nitrogens with zero attached hydrogens (tertiary/aromatic N) is 4. The highest BCUT2D eigenvalue weighted by atomic mass is 16.5. The summed E-state index contributed by atoms with van der Waals surface area (Å²) in [6.45, 7) is 12.0. The number of ether oxygens (including phenoxy) is 1. The topological polar surface area (TPSA) is 70.1 Å². The van der Waals surface area contributed by atoms with Crippen molar-refractivity contribution in [2.75, 3.05) is 44.2 Å². The minimum absolute atomic E-state index is 0.0126. The third-order valence-corrected chi connectivity index (χ3v) is 6.08. The average molecular weight is 416 g/mol. The van der Waals surface area contributed by atoms with Crippen molar-refractivity contribution in [3.8, 4) is 0 Å². The molecule has 0 aromatic carbocycles. The van der Waals surface area contributed by atoms with Crippen LogP contribution < -0.4 is 10.2 Å². The van der Waals surface area contributed by atoms with Gasteiger partial charge in [-0.05, 0) is 57.1 Å². The van der Waals surface area contributed by atoms with Crippen molar-refractivity contribution in [2.24, 2.45) is 16.8 Å². The quantitative estimate of drug-likeness (QED) is 0.437. The van der Waals surface area contributed by atoms with Crippen LogP contribution in [0, 0.1) is 11.8 Å². The maximum absolute atomic E-state index is 12.0. The number of hydrogen-bond donors (Lipinski definition) is 1. The number of carbonyl (C=O) groups is 1. The van der Waals surface area contributed by atoms with Crippen molar-refractivity contribution in [3.63, 3.8) is 0 Å². The van der Waals surface area contributed by atoms with Crippen molar-refractivity contribution in [2.45, 2.75) is 53.0 Å². The Labute approximate surface area is 180 Å². The highest BCUT2D eigenvalue weighted by molar-refractivity contribution is 5.80. The predicted octanol–water partition coefficient (Wildman–Crippen LogP) is 3.06. The molecule has 0 atom stereocenters. The van der Waals surface area contributed by atoms with Gasteiger partial charge in [0.15, 0.2) is 5.96 Å². The second kappa shape index (κ2) is 11.2. The lowest BCUT2D eigenvalue weighted by Gasteiger charge is -2.33. The van der Waals surface area contributed by atoms with Crippen LogP contribution in [0.4, 0.5) is 5.82 Å². The van der Waals surface area contributed by atoms with E-state index in [4.69, 9.17) is 9.73 Å². The van der Waals surface area contributed by atoms with Gasteiger partial charge >= 0.3 is 5.97 Å². The summed E-state index contributed by atoms with van der Waals surface area (Å²) in [4.78, 5) is 26.1. The lowest BCUT2D eigenvalue weighted by Crippen LogP contribution is -2.46. The molecular formula is C23H37N5O2. The van der Waals surface area contributed by atoms with Crippen LogP contribution in [0.25, 0.3) is 0 Å². The SMILES string of the molecule is CCNC(=NCc1ccc(N2CCC(C)CC2)nc1)N1CCC(C(=O)OCC)CC1. The smallest absolute Gasteiger partial charge is 0.309 e. The van der Waals surface area contributed by atoms with E-state index in [1.165, 1.54) is 12.8 Å². The van der Waals surface area contributed by atoms with Crippen LogP contribution in [0.1, 0.15) is 52.0 Å². The second-order valence-electron chi connectivity index (χ2n) is 8.38. The Morgan fingerprint density at radius 1 is 1.17 bits per heavy atom. The molecule has 0 unspecified atom stereocenters. The Balaban J connectivity index is 1.55. The van der Waals surface area contributed by atoms with Gasteiger partial charge in [0.25, 0.3) is 0 Å². The summed E-state index contributed by atoms with van der Waals surface area (Å²) in [6, 6.07) is 4.26. The van der Waals surface area contributed by atoms with Gasteiger partial charge in [0, 0.05) is 38.9 Å². The number of pyridine rings is 1. The third-order valence-electron chi connectivity index (χ3n) is 6.08. The number of aromatic nitrogens is 1. The van der Waals surface area contributed by atoms with E-state index in [2.05, 4.69) is 46.1 Å². The minimum atomic E-state index is -0.0617. The first-order valence-corrected chi connectivity index (χ1v) is 11.5. The van der Waals surface area contributed by atoms with Gasteiger partial charge in [0.05, 0.1) is 19.1 Å². The molecule has 2 aliphatic rings. The maximum atomic E-state index is 12.0. The fraction of sp³-hybridized carbons (Fsp3) is 0.696. The fourth-order valence-corrected chi connectivity index (χ4v) is 4.11. The molecule has 0 aliphatic carbocycles. The Morgan fingerprint density at radius 3 is 2.50 bits per heavy atom. The van der Waals surface area contributed by atoms with Crippen LogP contribution in [-0.4, -0.2) is 61.1 Å². The fourth-order valence-electron chi connectivity index (χ4n) is 4.11. The van der Waals surface area contributed by atoms with E-state index in [0.29, 0.717) is 13.2 Å². The summed E-state index contributed by atoms with van der Waals surface area (Å²) in [5.74, 6) is 2.75. The van der Waals surface area contributed by atoms with E-state index in [0.717, 1.165) is 68.8 Å². The highest BCUT2D eigenvalue weighted by Crippen LogP contribution is 2.22. The zero-order valence-electron chi connectivity index (χ0n) is 18.8. The number of rotatable bonds is 6. The summed E-state index contributed by atoms with van der Waals surface area (Å²) in [7, 11) is 0. The lowest BCUT2D eigenvalue weighted by atomic mass is 9.97. The Morgan fingerprint density at radius 2 is 1.90 bits per heavy atom. The number of piperidine rings is 2. The van der Waals surface area contributed by atoms with Gasteiger partial charge in [-0.25, -0.2) is 9.98 Å². The van der Waals surface area contributed by atoms with E-state index >= 15 is 0 Å². The number of hydrogen-bond acceptors (Lipinski definition) is 5. The molecule has 2 saturated heterocycles. The number of likely N-dealkylation sites (tertiary alicyclic amines) is 1. The van der Waals surface area contributed by atoms with Crippen LogP contribution >= 0.6 is 0 Å². The van der Waals surface area contributed by atoms with Crippen molar-refractivity contribution in [1.29, 1.82) is 0 Å². The summed E-state index contributed by atoms with van der Waals surface area (Å²) in [5.41, 5.74) is 1.11. The molecular weight excluding hydrogens is 378 g/mol. The van der Waals surface area contributed by atoms with Crippen molar-refractivity contribution in [3.05, 3.63) is 23.9 Å². The molecule has 0 saturated carbocycles. The lowest BCUT2D eigenvalue weighted by molar-refractivity contribution is -0.149. The molecule has 0 spiro atoms. The first-order valence-electron chi connectivity index (χ1n) is 11.5. The van der Waals surface area contributed by atoms with Crippen LogP contribution in [-0.2, 0) is 16.1 Å². The first-order chi connectivity index (χ1) is 14.6. The summed E-state index contributed by atoms with van der Waals surface area (Å²) in [5, 5.41) is 3.39. The van der Waals surface area contributed by atoms with E-state index in [1.807, 2.05) is 13.1 Å². The molecule has 3 rings (SSSR count). The molecule has 1 aromatic heterocycles. The molecule has 1 N–H and O–H groups in total. The number of nitrogens with one attached hydrogen (secondary N) is 1. The molecule has 1 aromatic rings. The maximum Gasteiger partial charge on any atom is 0.309 e. The van der Waals surface area contributed by atoms with Gasteiger partial charge in [0.2, 0.25) is 0 Å². The molecule has 166 valence electrons. The van der Waals surface area contributed by atoms with Crippen molar-refractivity contribution in [1.82, 2.24) is 15.2 Å². The normalized spacial score (nSPS) is 19.1. The standard InChI is InChI=1S/C23H37N5O2/c1-4-24-23(28-14-10-20(11-15-28)22(29)30-5-2)26-17-19-6-7-21(25-16-19)27-12-8-18(3)9-13-27/h6-7,16,18,20H,4-5,8-15,17H2,1-3H3,(H,24,26). The van der Waals surface area contributed by atoms with Gasteiger partial charge in [0.1, 0.15) is 5.82 Å². The van der Waals surface area contributed by atoms with E-state index in [-0.39, 0.29) is 11.9 Å². The molecule has 7 nitrogen and oxygen atoms in total. The van der Waals surface area contributed by atoms with Gasteiger partial charge in [-0.1, -0.05) is 13.0 Å². The highest BCUT2D eigenvalue weighted by Gasteiger charge is 2.27. The third kappa shape index (κ3) is 6.09. The number of carbonyl (C=O) groups excluding carboxylic acids is 1. The minimum Gasteiger partial charge on any atom is -0.466 e. The largest absolute Gasteiger partial charge is 0.466 e. The van der Waals surface area contributed by atoms with Gasteiger partial charge in [-0.15, -0.1) is 0 Å². The van der Waals surface area contributed by atoms with Crippen molar-refractivity contribution < 1.29 is 9.53 Å². The van der Waals surface area contributed by atoms with Gasteiger partial charge < -0.3 is 19.9 Å². The average Bonchev–Trinajstić information content (AvgIpc) is 2.78. The summed E-state index contributed by atoms with van der Waals surface area (Å²) in [6.07, 6.45) is 6.06. The van der Waals surface area contributed by atoms with E-state index in [9.17, 15) is 4.79 Å².